The standard InChI is InChI=1S/C23H17N3O4/c1-30-23(29)15-2-5-17(6-3-15)26-13-19(22(24)28)21(27)18-7-4-16(12-20(18)26)14-8-10-25-11-9-14/h2-13H,1H3,(H2,24,28). The Bertz CT molecular complexity index is 1330. The number of carbonyl (C=O) groups is 2. The molecule has 0 saturated carbocycles. The average Bonchev–Trinajstić information content (AvgIpc) is 2.79. The molecule has 0 fully saturated rings. The van der Waals surface area contributed by atoms with Crippen molar-refractivity contribution in [3.05, 3.63) is 94.5 Å². The predicted molar refractivity (Wildman–Crippen MR) is 113 cm³/mol. The number of pyridine rings is 2. The zero-order valence-corrected chi connectivity index (χ0v) is 16.0. The van der Waals surface area contributed by atoms with Crippen LogP contribution >= 0.6 is 0 Å². The molecule has 148 valence electrons. The summed E-state index contributed by atoms with van der Waals surface area (Å²) in [6, 6.07) is 15.7. The Hall–Kier alpha value is -4.26. The van der Waals surface area contributed by atoms with Crippen molar-refractivity contribution < 1.29 is 14.3 Å². The van der Waals surface area contributed by atoms with Gasteiger partial charge in [0, 0.05) is 29.7 Å². The van der Waals surface area contributed by atoms with E-state index in [1.165, 1.54) is 13.3 Å². The molecule has 0 spiro atoms. The van der Waals surface area contributed by atoms with Gasteiger partial charge < -0.3 is 15.0 Å². The lowest BCUT2D eigenvalue weighted by molar-refractivity contribution is 0.0600. The topological polar surface area (TPSA) is 104 Å². The zero-order valence-electron chi connectivity index (χ0n) is 16.0. The smallest absolute Gasteiger partial charge is 0.337 e. The van der Waals surface area contributed by atoms with Crippen LogP contribution in [0.4, 0.5) is 0 Å². The fraction of sp³-hybridized carbons (Fsp3) is 0.0435. The van der Waals surface area contributed by atoms with Crippen molar-refractivity contribution >= 4 is 22.8 Å². The molecule has 1 amide bonds. The number of aromatic nitrogens is 2. The minimum Gasteiger partial charge on any atom is -0.465 e. The van der Waals surface area contributed by atoms with Crippen LogP contribution < -0.4 is 11.2 Å². The first-order chi connectivity index (χ1) is 14.5. The second-order valence-corrected chi connectivity index (χ2v) is 6.61. The first kappa shape index (κ1) is 19.1. The predicted octanol–water partition coefficient (Wildman–Crippen LogP) is 2.94. The Labute approximate surface area is 171 Å². The average molecular weight is 399 g/mol. The Morgan fingerprint density at radius 1 is 0.967 bits per heavy atom. The molecule has 2 aromatic carbocycles. The van der Waals surface area contributed by atoms with Gasteiger partial charge in [0.2, 0.25) is 5.43 Å². The second kappa shape index (κ2) is 7.63. The quantitative estimate of drug-likeness (QED) is 0.531. The number of fused-ring (bicyclic) bond motifs is 1. The van der Waals surface area contributed by atoms with Gasteiger partial charge in [-0.1, -0.05) is 6.07 Å². The largest absolute Gasteiger partial charge is 0.465 e. The molecular formula is C23H17N3O4. The first-order valence-corrected chi connectivity index (χ1v) is 9.08. The first-order valence-electron chi connectivity index (χ1n) is 9.08. The number of nitrogens with two attached hydrogens (primary N) is 1. The number of rotatable bonds is 4. The van der Waals surface area contributed by atoms with Gasteiger partial charge >= 0.3 is 5.97 Å². The van der Waals surface area contributed by atoms with E-state index in [0.29, 0.717) is 22.2 Å². The molecule has 2 aromatic heterocycles. The summed E-state index contributed by atoms with van der Waals surface area (Å²) >= 11 is 0. The van der Waals surface area contributed by atoms with E-state index in [0.717, 1.165) is 11.1 Å². The Kier molecular flexibility index (Phi) is 4.85. The summed E-state index contributed by atoms with van der Waals surface area (Å²) in [5.41, 5.74) is 8.36. The molecule has 2 heterocycles. The van der Waals surface area contributed by atoms with Gasteiger partial charge in [-0.2, -0.15) is 0 Å². The lowest BCUT2D eigenvalue weighted by Crippen LogP contribution is -2.23. The van der Waals surface area contributed by atoms with E-state index in [1.54, 1.807) is 47.3 Å². The Morgan fingerprint density at radius 3 is 2.30 bits per heavy atom. The van der Waals surface area contributed by atoms with E-state index in [1.807, 2.05) is 24.3 Å². The molecule has 0 atom stereocenters. The van der Waals surface area contributed by atoms with E-state index in [2.05, 4.69) is 4.98 Å². The van der Waals surface area contributed by atoms with Crippen LogP contribution in [0, 0.1) is 0 Å². The van der Waals surface area contributed by atoms with Gasteiger partial charge in [0.05, 0.1) is 18.2 Å². The van der Waals surface area contributed by atoms with Crippen LogP contribution in [0.1, 0.15) is 20.7 Å². The number of hydrogen-bond donors (Lipinski definition) is 1. The maximum atomic E-state index is 12.8. The van der Waals surface area contributed by atoms with Gasteiger partial charge in [-0.3, -0.25) is 14.6 Å². The maximum absolute atomic E-state index is 12.8. The number of methoxy groups -OCH3 is 1. The highest BCUT2D eigenvalue weighted by Crippen LogP contribution is 2.25. The number of ether oxygens (including phenoxy) is 1. The summed E-state index contributed by atoms with van der Waals surface area (Å²) < 4.78 is 6.44. The third kappa shape index (κ3) is 3.33. The molecule has 4 aromatic rings. The number of carbonyl (C=O) groups excluding carboxylic acids is 2. The number of benzene rings is 2. The van der Waals surface area contributed by atoms with Crippen molar-refractivity contribution in [3.63, 3.8) is 0 Å². The lowest BCUT2D eigenvalue weighted by atomic mass is 10.0. The molecule has 0 unspecified atom stereocenters. The van der Waals surface area contributed by atoms with Crippen LogP contribution in [-0.4, -0.2) is 28.5 Å². The van der Waals surface area contributed by atoms with Gasteiger partial charge in [-0.15, -0.1) is 0 Å². The van der Waals surface area contributed by atoms with E-state index < -0.39 is 17.3 Å². The molecule has 2 N–H and O–H groups in total. The molecule has 30 heavy (non-hydrogen) atoms. The summed E-state index contributed by atoms with van der Waals surface area (Å²) in [7, 11) is 1.31. The van der Waals surface area contributed by atoms with Crippen LogP contribution in [0.2, 0.25) is 0 Å². The van der Waals surface area contributed by atoms with Crippen molar-refractivity contribution in [2.75, 3.05) is 7.11 Å². The van der Waals surface area contributed by atoms with Crippen molar-refractivity contribution in [1.82, 2.24) is 9.55 Å². The fourth-order valence-corrected chi connectivity index (χ4v) is 3.31. The monoisotopic (exact) mass is 399 g/mol. The van der Waals surface area contributed by atoms with Gasteiger partial charge in [0.1, 0.15) is 5.56 Å². The van der Waals surface area contributed by atoms with Gasteiger partial charge in [0.25, 0.3) is 5.91 Å². The molecule has 0 aliphatic heterocycles. The number of primary amides is 1. The summed E-state index contributed by atoms with van der Waals surface area (Å²) in [6.45, 7) is 0. The summed E-state index contributed by atoms with van der Waals surface area (Å²) in [5.74, 6) is -1.26. The zero-order chi connectivity index (χ0) is 21.3. The third-order valence-corrected chi connectivity index (χ3v) is 4.85. The van der Waals surface area contributed by atoms with Gasteiger partial charge in [0.15, 0.2) is 0 Å². The lowest BCUT2D eigenvalue weighted by Gasteiger charge is -2.14. The molecule has 7 nitrogen and oxygen atoms in total. The molecule has 0 aliphatic carbocycles. The molecule has 0 saturated heterocycles. The molecule has 0 bridgehead atoms. The number of esters is 1. The van der Waals surface area contributed by atoms with E-state index in [9.17, 15) is 14.4 Å². The Balaban J connectivity index is 1.98. The molecule has 7 heteroatoms. The SMILES string of the molecule is COC(=O)c1ccc(-n2cc(C(N)=O)c(=O)c3ccc(-c4ccncc4)cc32)cc1. The second-order valence-electron chi connectivity index (χ2n) is 6.61. The highest BCUT2D eigenvalue weighted by atomic mass is 16.5. The number of nitrogens with zero attached hydrogens (tertiary/aromatic N) is 2. The third-order valence-electron chi connectivity index (χ3n) is 4.85. The van der Waals surface area contributed by atoms with Crippen LogP contribution in [0.3, 0.4) is 0 Å². The number of amides is 1. The van der Waals surface area contributed by atoms with E-state index in [-0.39, 0.29) is 5.56 Å². The Morgan fingerprint density at radius 2 is 1.67 bits per heavy atom. The summed E-state index contributed by atoms with van der Waals surface area (Å²) in [5, 5.41) is 0.362. The summed E-state index contributed by atoms with van der Waals surface area (Å²) in [6.07, 6.45) is 4.80. The fourth-order valence-electron chi connectivity index (χ4n) is 3.31. The van der Waals surface area contributed by atoms with Crippen molar-refractivity contribution in [2.24, 2.45) is 5.73 Å². The maximum Gasteiger partial charge on any atom is 0.337 e. The van der Waals surface area contributed by atoms with Crippen LogP contribution in [0.25, 0.3) is 27.7 Å². The van der Waals surface area contributed by atoms with Crippen LogP contribution in [-0.2, 0) is 4.74 Å². The van der Waals surface area contributed by atoms with Crippen LogP contribution in [0.15, 0.2) is 78.0 Å². The van der Waals surface area contributed by atoms with E-state index >= 15 is 0 Å². The van der Waals surface area contributed by atoms with Crippen molar-refractivity contribution in [1.29, 1.82) is 0 Å². The molecular weight excluding hydrogens is 382 g/mol. The van der Waals surface area contributed by atoms with Gasteiger partial charge in [-0.05, 0) is 59.7 Å². The normalized spacial score (nSPS) is 10.7. The van der Waals surface area contributed by atoms with Crippen molar-refractivity contribution in [3.8, 4) is 16.8 Å². The van der Waals surface area contributed by atoms with E-state index in [4.69, 9.17) is 10.5 Å². The molecule has 0 radical (unpaired) electrons. The minimum absolute atomic E-state index is 0.115. The highest BCUT2D eigenvalue weighted by molar-refractivity contribution is 5.97. The molecule has 4 rings (SSSR count). The number of hydrogen-bond acceptors (Lipinski definition) is 5. The summed E-state index contributed by atoms with van der Waals surface area (Å²) in [4.78, 5) is 40.4. The van der Waals surface area contributed by atoms with Crippen molar-refractivity contribution in [2.45, 2.75) is 0 Å². The molecule has 0 aliphatic rings. The minimum atomic E-state index is -0.806. The van der Waals surface area contributed by atoms with Crippen LogP contribution in [0.5, 0.6) is 0 Å². The van der Waals surface area contributed by atoms with Gasteiger partial charge in [-0.25, -0.2) is 4.79 Å². The highest BCUT2D eigenvalue weighted by Gasteiger charge is 2.15.